The zero-order chi connectivity index (χ0) is 31.7. The first-order valence-electron chi connectivity index (χ1n) is 15.0. The Bertz CT molecular complexity index is 1630. The predicted octanol–water partition coefficient (Wildman–Crippen LogP) is 4.02. The summed E-state index contributed by atoms with van der Waals surface area (Å²) in [6.07, 6.45) is 0. The Morgan fingerprint density at radius 1 is 0.911 bits per heavy atom. The van der Waals surface area contributed by atoms with Gasteiger partial charge in [-0.15, -0.1) is 0 Å². The number of nitro benzene ring substituents is 1. The fourth-order valence-corrected chi connectivity index (χ4v) is 6.97. The van der Waals surface area contributed by atoms with Crippen molar-refractivity contribution in [2.75, 3.05) is 46.4 Å². The molecular formula is C34H34N4O7. The minimum absolute atomic E-state index is 0.107. The van der Waals surface area contributed by atoms with Crippen LogP contribution in [0, 0.1) is 22.0 Å². The minimum atomic E-state index is -1.43. The highest BCUT2D eigenvalue weighted by Crippen LogP contribution is 2.46. The second-order valence-corrected chi connectivity index (χ2v) is 11.6. The quantitative estimate of drug-likeness (QED) is 0.161. The molecule has 0 saturated carbocycles. The van der Waals surface area contributed by atoms with Gasteiger partial charge >= 0.3 is 11.9 Å². The summed E-state index contributed by atoms with van der Waals surface area (Å²) in [5, 5.41) is 11.5. The standard InChI is InChI=1S/C34H34N4O7/c1-21-28(29(30(32(39)35-21)33(40)44-2)22-8-7-9-23(20-22)38(42)43)34(41)45-19-18-36-14-16-37(17-15-36)31-26-12-5-3-10-24(26)25-11-4-6-13-27(25)31/h3-13,20,28-31H,14-19H2,1-2H3. The number of methoxy groups -OCH3 is 1. The van der Waals surface area contributed by atoms with Gasteiger partial charge in [0, 0.05) is 56.5 Å². The summed E-state index contributed by atoms with van der Waals surface area (Å²) < 4.78 is 10.6. The number of carbonyl (C=O) groups is 3. The molecule has 11 nitrogen and oxygen atoms in total. The number of nitrogens with zero attached hydrogens (tertiary/aromatic N) is 4. The minimum Gasteiger partial charge on any atom is -0.468 e. The first kappa shape index (κ1) is 30.3. The maximum atomic E-state index is 13.5. The van der Waals surface area contributed by atoms with Crippen LogP contribution in [-0.4, -0.2) is 84.7 Å². The van der Waals surface area contributed by atoms with Crippen LogP contribution in [0.1, 0.15) is 35.6 Å². The van der Waals surface area contributed by atoms with Gasteiger partial charge in [-0.25, -0.2) is 4.99 Å². The number of fused-ring (bicyclic) bond motifs is 3. The van der Waals surface area contributed by atoms with E-state index in [9.17, 15) is 24.5 Å². The van der Waals surface area contributed by atoms with E-state index in [2.05, 4.69) is 63.3 Å². The molecule has 1 fully saturated rings. The molecule has 0 N–H and O–H groups in total. The summed E-state index contributed by atoms with van der Waals surface area (Å²) in [5.74, 6) is -5.85. The van der Waals surface area contributed by atoms with Crippen LogP contribution in [-0.2, 0) is 23.9 Å². The Labute approximate surface area is 260 Å². The van der Waals surface area contributed by atoms with Crippen LogP contribution in [0.15, 0.2) is 77.8 Å². The van der Waals surface area contributed by atoms with Crippen LogP contribution in [0.5, 0.6) is 0 Å². The molecule has 11 heteroatoms. The van der Waals surface area contributed by atoms with Gasteiger partial charge in [-0.2, -0.15) is 0 Å². The fourth-order valence-electron chi connectivity index (χ4n) is 6.97. The van der Waals surface area contributed by atoms with Gasteiger partial charge in [0.2, 0.25) is 0 Å². The molecular weight excluding hydrogens is 576 g/mol. The Hall–Kier alpha value is -4.74. The molecule has 3 atom stereocenters. The highest BCUT2D eigenvalue weighted by Gasteiger charge is 2.49. The third kappa shape index (κ3) is 5.76. The van der Waals surface area contributed by atoms with Crippen molar-refractivity contribution in [1.29, 1.82) is 0 Å². The number of nitro groups is 1. The summed E-state index contributed by atoms with van der Waals surface area (Å²) in [6.45, 7) is 5.47. The molecule has 3 unspecified atom stereocenters. The second-order valence-electron chi connectivity index (χ2n) is 11.6. The second kappa shape index (κ2) is 12.7. The number of benzene rings is 3. The largest absolute Gasteiger partial charge is 0.468 e. The maximum absolute atomic E-state index is 13.5. The zero-order valence-corrected chi connectivity index (χ0v) is 25.1. The van der Waals surface area contributed by atoms with E-state index < -0.39 is 40.5 Å². The van der Waals surface area contributed by atoms with Crippen molar-refractivity contribution >= 4 is 29.2 Å². The number of piperazine rings is 1. The van der Waals surface area contributed by atoms with Gasteiger partial charge in [0.15, 0.2) is 0 Å². The number of aliphatic imine (C=N–C) groups is 1. The van der Waals surface area contributed by atoms with E-state index in [1.54, 1.807) is 6.07 Å². The van der Waals surface area contributed by atoms with E-state index in [0.717, 1.165) is 33.3 Å². The molecule has 0 radical (unpaired) electrons. The summed E-state index contributed by atoms with van der Waals surface area (Å²) in [4.78, 5) is 58.8. The molecule has 3 aromatic carbocycles. The Morgan fingerprint density at radius 3 is 2.18 bits per heavy atom. The number of hydrogen-bond donors (Lipinski definition) is 0. The third-order valence-corrected chi connectivity index (χ3v) is 9.12. The van der Waals surface area contributed by atoms with Gasteiger partial charge in [0.05, 0.1) is 18.1 Å². The van der Waals surface area contributed by atoms with E-state index >= 15 is 0 Å². The topological polar surface area (TPSA) is 132 Å². The van der Waals surface area contributed by atoms with Gasteiger partial charge < -0.3 is 9.47 Å². The number of hydrogen-bond acceptors (Lipinski definition) is 9. The van der Waals surface area contributed by atoms with Gasteiger partial charge in [-0.05, 0) is 34.7 Å². The van der Waals surface area contributed by atoms with Gasteiger partial charge in [-0.3, -0.25) is 34.3 Å². The van der Waals surface area contributed by atoms with E-state index in [-0.39, 0.29) is 29.6 Å². The lowest BCUT2D eigenvalue weighted by atomic mass is 9.72. The van der Waals surface area contributed by atoms with Crippen LogP contribution in [0.25, 0.3) is 11.1 Å². The summed E-state index contributed by atoms with van der Waals surface area (Å²) >= 11 is 0. The fraction of sp³-hybridized carbons (Fsp3) is 0.353. The van der Waals surface area contributed by atoms with Crippen molar-refractivity contribution in [3.63, 3.8) is 0 Å². The van der Waals surface area contributed by atoms with Crippen molar-refractivity contribution in [3.8, 4) is 11.1 Å². The molecule has 0 aromatic heterocycles. The van der Waals surface area contributed by atoms with E-state index in [1.807, 2.05) is 0 Å². The number of rotatable bonds is 8. The first-order valence-corrected chi connectivity index (χ1v) is 15.0. The van der Waals surface area contributed by atoms with Crippen LogP contribution in [0.4, 0.5) is 5.69 Å². The normalized spacial score (nSPS) is 21.9. The highest BCUT2D eigenvalue weighted by molar-refractivity contribution is 6.14. The Morgan fingerprint density at radius 2 is 1.56 bits per heavy atom. The smallest absolute Gasteiger partial charge is 0.318 e. The average Bonchev–Trinajstić information content (AvgIpc) is 3.39. The maximum Gasteiger partial charge on any atom is 0.318 e. The number of ether oxygens (including phenoxy) is 2. The monoisotopic (exact) mass is 610 g/mol. The number of esters is 2. The van der Waals surface area contributed by atoms with Crippen molar-refractivity contribution in [2.24, 2.45) is 16.8 Å². The first-order chi connectivity index (χ1) is 21.8. The van der Waals surface area contributed by atoms with E-state index in [1.165, 1.54) is 47.4 Å². The lowest BCUT2D eigenvalue weighted by Crippen LogP contribution is -2.48. The molecule has 1 amide bonds. The van der Waals surface area contributed by atoms with E-state index in [0.29, 0.717) is 6.54 Å². The Balaban J connectivity index is 1.12. The van der Waals surface area contributed by atoms with Crippen molar-refractivity contribution in [2.45, 2.75) is 18.9 Å². The van der Waals surface area contributed by atoms with Gasteiger partial charge in [0.25, 0.3) is 11.6 Å². The van der Waals surface area contributed by atoms with Crippen molar-refractivity contribution in [3.05, 3.63) is 99.6 Å². The molecule has 2 aliphatic heterocycles. The van der Waals surface area contributed by atoms with Crippen molar-refractivity contribution < 1.29 is 28.8 Å². The number of carbonyl (C=O) groups excluding carboxylic acids is 3. The molecule has 45 heavy (non-hydrogen) atoms. The summed E-state index contributed by atoms with van der Waals surface area (Å²) in [6, 6.07) is 22.9. The molecule has 3 aromatic rings. The van der Waals surface area contributed by atoms with Gasteiger partial charge in [0.1, 0.15) is 18.4 Å². The molecule has 232 valence electrons. The molecule has 0 spiro atoms. The SMILES string of the molecule is COC(=O)C1C(=O)N=C(C)C(C(=O)OCCN2CCN(C3c4ccccc4-c4ccccc43)CC2)C1c1cccc([N+](=O)[O-])c1. The van der Waals surface area contributed by atoms with Crippen LogP contribution in [0.3, 0.4) is 0 Å². The Kier molecular flexibility index (Phi) is 8.55. The molecule has 1 aliphatic carbocycles. The van der Waals surface area contributed by atoms with Crippen LogP contribution in [0.2, 0.25) is 0 Å². The van der Waals surface area contributed by atoms with Crippen LogP contribution < -0.4 is 0 Å². The molecule has 1 saturated heterocycles. The highest BCUT2D eigenvalue weighted by atomic mass is 16.6. The molecule has 3 aliphatic rings. The molecule has 6 rings (SSSR count). The van der Waals surface area contributed by atoms with E-state index in [4.69, 9.17) is 9.47 Å². The summed E-state index contributed by atoms with van der Waals surface area (Å²) in [5.41, 5.74) is 5.48. The number of amides is 1. The van der Waals surface area contributed by atoms with Gasteiger partial charge in [-0.1, -0.05) is 60.7 Å². The van der Waals surface area contributed by atoms with Crippen LogP contribution >= 0.6 is 0 Å². The number of non-ortho nitro benzene ring substituents is 1. The molecule has 0 bridgehead atoms. The lowest BCUT2D eigenvalue weighted by molar-refractivity contribution is -0.384. The summed E-state index contributed by atoms with van der Waals surface area (Å²) in [7, 11) is 1.14. The van der Waals surface area contributed by atoms with Crippen molar-refractivity contribution in [1.82, 2.24) is 9.80 Å². The zero-order valence-electron chi connectivity index (χ0n) is 25.1. The average molecular weight is 611 g/mol. The third-order valence-electron chi connectivity index (χ3n) is 9.12. The predicted molar refractivity (Wildman–Crippen MR) is 166 cm³/mol. The molecule has 2 heterocycles. The lowest BCUT2D eigenvalue weighted by Gasteiger charge is -2.38.